The Morgan fingerprint density at radius 2 is 1.64 bits per heavy atom. The number of carboxylic acid groups (broad SMARTS) is 1. The Kier molecular flexibility index (Phi) is 14.7. The van der Waals surface area contributed by atoms with Crippen molar-refractivity contribution in [2.45, 2.75) is 49.4 Å². The number of benzene rings is 2. The van der Waals surface area contributed by atoms with E-state index in [2.05, 4.69) is 46.7 Å². The molecule has 1 fully saturated rings. The van der Waals surface area contributed by atoms with Crippen LogP contribution in [0.15, 0.2) is 69.3 Å². The number of aromatic nitrogens is 5. The predicted molar refractivity (Wildman–Crippen MR) is 228 cm³/mol. The van der Waals surface area contributed by atoms with Crippen LogP contribution in [0.5, 0.6) is 23.0 Å². The van der Waals surface area contributed by atoms with E-state index < -0.39 is 75.5 Å². The van der Waals surface area contributed by atoms with Gasteiger partial charge in [-0.2, -0.15) is 9.50 Å². The van der Waals surface area contributed by atoms with Crippen molar-refractivity contribution in [2.75, 3.05) is 17.2 Å². The molecule has 0 saturated carbocycles. The number of hydrogen-bond acceptors (Lipinski definition) is 21. The van der Waals surface area contributed by atoms with Crippen LogP contribution in [0.25, 0.3) is 5.78 Å². The number of aromatic hydroxyl groups is 4. The van der Waals surface area contributed by atoms with E-state index in [9.17, 15) is 54.3 Å². The minimum atomic E-state index is -1.85. The topological polar surface area (TPSA) is 361 Å². The zero-order valence-electron chi connectivity index (χ0n) is 34.9. The number of phenolic OH excluding ortho intramolecular Hbond substituents is 4. The van der Waals surface area contributed by atoms with E-state index in [-0.39, 0.29) is 92.6 Å². The van der Waals surface area contributed by atoms with Crippen LogP contribution in [-0.2, 0) is 30.6 Å². The summed E-state index contributed by atoms with van der Waals surface area (Å²) in [6, 6.07) is 7.31. The summed E-state index contributed by atoms with van der Waals surface area (Å²) in [4.78, 5) is 97.4. The van der Waals surface area contributed by atoms with Crippen LogP contribution in [0, 0.1) is 6.92 Å². The molecular weight excluding hydrogens is 936 g/mol. The first kappa shape index (κ1) is 48.8. The Hall–Kier alpha value is -6.65. The number of fused-ring (bicyclic) bond motifs is 2. The second-order valence-corrected chi connectivity index (χ2v) is 17.5. The molecule has 10 N–H and O–H groups in total. The summed E-state index contributed by atoms with van der Waals surface area (Å²) in [6.45, 7) is 4.14. The van der Waals surface area contributed by atoms with E-state index in [4.69, 9.17) is 10.6 Å². The quantitative estimate of drug-likeness (QED) is 0.00987. The largest absolute Gasteiger partial charge is 1.00 e. The van der Waals surface area contributed by atoms with Crippen molar-refractivity contribution in [3.05, 3.63) is 87.5 Å². The van der Waals surface area contributed by atoms with Crippen molar-refractivity contribution in [2.24, 2.45) is 5.16 Å². The van der Waals surface area contributed by atoms with Gasteiger partial charge in [-0.15, -0.1) is 40.0 Å². The fourth-order valence-electron chi connectivity index (χ4n) is 6.06. The zero-order valence-corrected chi connectivity index (χ0v) is 39.3. The fourth-order valence-corrected chi connectivity index (χ4v) is 9.14. The van der Waals surface area contributed by atoms with Crippen LogP contribution in [0.4, 0.5) is 5.13 Å². The fraction of sp³-hybridized carbons (Fsp3) is 0.237. The van der Waals surface area contributed by atoms with Gasteiger partial charge in [0.15, 0.2) is 39.7 Å². The molecule has 5 amide bonds. The molecule has 0 bridgehead atoms. The third-order valence-electron chi connectivity index (χ3n) is 9.44. The number of nitrogens with one attached hydrogen (secondary N) is 4. The molecule has 1 saturated heterocycles. The third-order valence-corrected chi connectivity index (χ3v) is 12.5. The molecule has 2 aliphatic rings. The molecule has 2 aliphatic heterocycles. The molecule has 0 spiro atoms. The first-order valence-electron chi connectivity index (χ1n) is 18.8. The van der Waals surface area contributed by atoms with Crippen LogP contribution in [0.3, 0.4) is 0 Å². The first-order chi connectivity index (χ1) is 30.8. The summed E-state index contributed by atoms with van der Waals surface area (Å²) in [6.07, 6.45) is 0. The van der Waals surface area contributed by atoms with E-state index in [1.807, 2.05) is 0 Å². The number of aliphatic carboxylic acids is 1. The first-order valence-corrected chi connectivity index (χ1v) is 21.7. The van der Waals surface area contributed by atoms with Gasteiger partial charge in [-0.1, -0.05) is 5.16 Å². The average molecular weight is 971 g/mol. The molecule has 338 valence electrons. The van der Waals surface area contributed by atoms with Gasteiger partial charge >= 0.3 is 29.6 Å². The predicted octanol–water partition coefficient (Wildman–Crippen LogP) is -3.62. The second-order valence-electron chi connectivity index (χ2n) is 14.5. The number of nitrogens with two attached hydrogens (primary N) is 1. The van der Waals surface area contributed by atoms with Gasteiger partial charge in [0.25, 0.3) is 35.3 Å². The maximum atomic E-state index is 13.8. The van der Waals surface area contributed by atoms with E-state index in [1.54, 1.807) is 13.0 Å². The molecule has 2 aromatic carbocycles. The Labute approximate surface area is 406 Å². The molecule has 3 aromatic heterocycles. The minimum absolute atomic E-state index is 0. The molecule has 0 unspecified atom stereocenters. The van der Waals surface area contributed by atoms with Crippen LogP contribution in [0.1, 0.15) is 51.8 Å². The van der Waals surface area contributed by atoms with Gasteiger partial charge in [0.1, 0.15) is 22.1 Å². The maximum absolute atomic E-state index is 13.8. The monoisotopic (exact) mass is 970 g/mol. The normalized spacial score (nSPS) is 15.8. The van der Waals surface area contributed by atoms with Crippen molar-refractivity contribution in [1.29, 1.82) is 0 Å². The molecule has 0 aliphatic carbocycles. The second kappa shape index (κ2) is 19.8. The number of rotatable bonds is 14. The van der Waals surface area contributed by atoms with Gasteiger partial charge in [0.2, 0.25) is 5.60 Å². The van der Waals surface area contributed by atoms with Gasteiger partial charge in [-0.3, -0.25) is 39.7 Å². The molecule has 5 aromatic rings. The molecule has 0 radical (unpaired) electrons. The number of thioether (sulfide) groups is 2. The number of aryl methyl sites for hydroxylation is 1. The van der Waals surface area contributed by atoms with Gasteiger partial charge in [-0.05, 0) is 68.8 Å². The third kappa shape index (κ3) is 10.4. The number of nitrogen functional groups attached to an aromatic ring is 1. The number of thiazole rings is 1. The number of anilines is 1. The van der Waals surface area contributed by atoms with Gasteiger partial charge in [0, 0.05) is 33.7 Å². The minimum Gasteiger partial charge on any atom is -0.543 e. The van der Waals surface area contributed by atoms with Crippen LogP contribution < -0.4 is 61.9 Å². The molecule has 5 heterocycles. The summed E-state index contributed by atoms with van der Waals surface area (Å²) in [7, 11) is 0. The number of phenols is 4. The summed E-state index contributed by atoms with van der Waals surface area (Å²) >= 11 is 3.33. The van der Waals surface area contributed by atoms with E-state index >= 15 is 0 Å². The number of amides is 5. The zero-order chi connectivity index (χ0) is 46.9. The Morgan fingerprint density at radius 1 is 0.970 bits per heavy atom. The van der Waals surface area contributed by atoms with Crippen molar-refractivity contribution < 1.29 is 88.7 Å². The SMILES string of the molecule is Cc1cc(SCC2=C(C(=O)[O-])N3C(=O)[C@@H](NC(=O)/C(=N\OC(C)(C)C(=O)NNC(=O)c4ccc(O)c(O)c4)c4csc(N)n4)[C@H]3SC2)n2nc(CNC(=O)c3ccc(O)c(O)c3)nc2n1.[Na+]. The molecular formula is C38H35N12NaO12S3. The summed E-state index contributed by atoms with van der Waals surface area (Å²) < 4.78 is 1.42. The number of nitrogens with zero attached hydrogens (tertiary/aromatic N) is 7. The standard InChI is InChI=1S/C38H36N12O12S3.Na/c1-15-8-25(50-37(41-15)43-24(47-50)11-40-29(55)16-4-6-20(51)22(53)9-16)63-12-18-13-64-33-27(32(58)49(33)28(18)34(59)60)44-31(57)26(19-14-65-36(39)42-19)48-62-38(2,3)35(61)46-45-30(56)17-5-7-21(52)23(54)10-17;/h4-10,14,27,33,51-54H,11-13H2,1-3H3,(H2,39,42)(H,40,55)(H,44,57)(H,45,56)(H,46,61)(H,59,60);/q;+1/p-1/b48-26-;/t27-,33-;/m1./s1. The molecule has 28 heteroatoms. The summed E-state index contributed by atoms with van der Waals surface area (Å²) in [5.41, 5.74) is 8.19. The van der Waals surface area contributed by atoms with Gasteiger partial charge in [-0.25, -0.2) is 9.97 Å². The maximum Gasteiger partial charge on any atom is 1.00 e. The van der Waals surface area contributed by atoms with Crippen LogP contribution in [0.2, 0.25) is 0 Å². The molecule has 24 nitrogen and oxygen atoms in total. The number of carboxylic acids is 1. The van der Waals surface area contributed by atoms with Crippen molar-refractivity contribution in [3.63, 3.8) is 0 Å². The van der Waals surface area contributed by atoms with Crippen LogP contribution in [-0.4, -0.2) is 120 Å². The molecule has 2 atom stereocenters. The summed E-state index contributed by atoms with van der Waals surface area (Å²) in [5.74, 6) is -7.01. The number of carbonyl (C=O) groups excluding carboxylic acids is 6. The van der Waals surface area contributed by atoms with Crippen molar-refractivity contribution >= 4 is 87.0 Å². The summed E-state index contributed by atoms with van der Waals surface area (Å²) in [5, 5.41) is 65.6. The van der Waals surface area contributed by atoms with Gasteiger partial charge in [0.05, 0.1) is 18.2 Å². The average Bonchev–Trinajstić information content (AvgIpc) is 3.89. The smallest absolute Gasteiger partial charge is 0.543 e. The Balaban J connectivity index is 0.00000720. The number of carbonyl (C=O) groups is 6. The Bertz CT molecular complexity index is 2870. The van der Waals surface area contributed by atoms with E-state index in [0.29, 0.717) is 16.3 Å². The molecule has 66 heavy (non-hydrogen) atoms. The van der Waals surface area contributed by atoms with E-state index in [0.717, 1.165) is 34.4 Å². The number of hydrogen-bond donors (Lipinski definition) is 9. The van der Waals surface area contributed by atoms with Gasteiger partial charge < -0.3 is 51.5 Å². The Morgan fingerprint density at radius 3 is 2.26 bits per heavy atom. The van der Waals surface area contributed by atoms with E-state index in [1.165, 1.54) is 65.5 Å². The molecule has 7 rings (SSSR count). The van der Waals surface area contributed by atoms with Crippen molar-refractivity contribution in [1.82, 2.24) is 51.0 Å². The number of oxime groups is 1. The van der Waals surface area contributed by atoms with Crippen LogP contribution >= 0.6 is 34.9 Å². The van der Waals surface area contributed by atoms with Crippen molar-refractivity contribution in [3.8, 4) is 23.0 Å². The number of β-lactam (4-membered cyclic amide) rings is 1. The number of hydrazine groups is 1.